The summed E-state index contributed by atoms with van der Waals surface area (Å²) in [5, 5.41) is 17.0. The molecular formula is C25H21N3O2. The third kappa shape index (κ3) is 3.35. The number of phenolic OH excluding ortho intramolecular Hbond substituents is 1. The molecule has 148 valence electrons. The molecule has 1 amide bonds. The van der Waals surface area contributed by atoms with Crippen molar-refractivity contribution in [1.29, 1.82) is 0 Å². The summed E-state index contributed by atoms with van der Waals surface area (Å²) in [5.41, 5.74) is 5.52. The predicted octanol–water partition coefficient (Wildman–Crippen LogP) is 4.68. The number of pyridine rings is 1. The zero-order valence-electron chi connectivity index (χ0n) is 16.3. The fourth-order valence-corrected chi connectivity index (χ4v) is 4.00. The van der Waals surface area contributed by atoms with E-state index in [4.69, 9.17) is 4.98 Å². The van der Waals surface area contributed by atoms with E-state index in [1.54, 1.807) is 12.1 Å². The maximum atomic E-state index is 12.7. The summed E-state index contributed by atoms with van der Waals surface area (Å²) in [7, 11) is 0. The van der Waals surface area contributed by atoms with Gasteiger partial charge in [0.1, 0.15) is 11.7 Å². The van der Waals surface area contributed by atoms with Crippen molar-refractivity contribution in [3.63, 3.8) is 0 Å². The van der Waals surface area contributed by atoms with Gasteiger partial charge in [0.15, 0.2) is 0 Å². The van der Waals surface area contributed by atoms with Crippen LogP contribution in [0.5, 0.6) is 5.75 Å². The average Bonchev–Trinajstić information content (AvgIpc) is 3.10. The molecule has 0 radical (unpaired) electrons. The van der Waals surface area contributed by atoms with Crippen molar-refractivity contribution in [1.82, 2.24) is 4.98 Å². The van der Waals surface area contributed by atoms with Crippen LogP contribution in [0, 0.1) is 0 Å². The quantitative estimate of drug-likeness (QED) is 0.459. The summed E-state index contributed by atoms with van der Waals surface area (Å²) < 4.78 is 0. The molecule has 1 aliphatic rings. The van der Waals surface area contributed by atoms with Crippen LogP contribution < -0.4 is 10.6 Å². The first-order valence-electron chi connectivity index (χ1n) is 10.0. The van der Waals surface area contributed by atoms with Crippen molar-refractivity contribution in [3.8, 4) is 5.75 Å². The Bertz CT molecular complexity index is 1230. The fourth-order valence-electron chi connectivity index (χ4n) is 4.00. The van der Waals surface area contributed by atoms with Gasteiger partial charge in [-0.15, -0.1) is 0 Å². The zero-order valence-corrected chi connectivity index (χ0v) is 16.3. The Morgan fingerprint density at radius 2 is 1.73 bits per heavy atom. The van der Waals surface area contributed by atoms with Crippen molar-refractivity contribution in [2.24, 2.45) is 0 Å². The number of carbonyl (C=O) groups excluding carboxylic acids is 1. The van der Waals surface area contributed by atoms with E-state index in [9.17, 15) is 9.90 Å². The topological polar surface area (TPSA) is 74.2 Å². The van der Waals surface area contributed by atoms with Gasteiger partial charge in [0, 0.05) is 23.3 Å². The van der Waals surface area contributed by atoms with Crippen LogP contribution in [0.25, 0.3) is 10.9 Å². The van der Waals surface area contributed by atoms with E-state index in [2.05, 4.69) is 10.6 Å². The lowest BCUT2D eigenvalue weighted by atomic mass is 9.95. The number of nitrogens with one attached hydrogen (secondary N) is 2. The molecule has 30 heavy (non-hydrogen) atoms. The van der Waals surface area contributed by atoms with Gasteiger partial charge in [-0.05, 0) is 47.9 Å². The Labute approximate surface area is 174 Å². The number of hydrogen-bond acceptors (Lipinski definition) is 4. The van der Waals surface area contributed by atoms with Crippen LogP contribution in [0.2, 0.25) is 0 Å². The second-order valence-corrected chi connectivity index (χ2v) is 7.46. The number of aromatic nitrogens is 1. The standard InChI is InChI=1S/C25H21N3O2/c29-17-11-9-16(10-12-17)13-14-26-22-15-23(27-20-7-3-1-5-18(20)22)24-19-6-2-4-8-21(19)28-25(24)30/h1-12,15,24,29H,13-14H2,(H,26,27)(H,28,30). The van der Waals surface area contributed by atoms with Crippen molar-refractivity contribution in [2.75, 3.05) is 17.2 Å². The molecule has 1 aliphatic heterocycles. The number of benzene rings is 3. The third-order valence-corrected chi connectivity index (χ3v) is 5.49. The zero-order chi connectivity index (χ0) is 20.5. The first-order valence-corrected chi connectivity index (χ1v) is 10.0. The van der Waals surface area contributed by atoms with Crippen LogP contribution in [0.15, 0.2) is 78.9 Å². The van der Waals surface area contributed by atoms with Crippen LogP contribution in [0.3, 0.4) is 0 Å². The van der Waals surface area contributed by atoms with Crippen molar-refractivity contribution in [3.05, 3.63) is 95.7 Å². The molecule has 1 aromatic heterocycles. The summed E-state index contributed by atoms with van der Waals surface area (Å²) in [6.45, 7) is 0.728. The van der Waals surface area contributed by atoms with Gasteiger partial charge >= 0.3 is 0 Å². The predicted molar refractivity (Wildman–Crippen MR) is 119 cm³/mol. The molecule has 0 saturated heterocycles. The average molecular weight is 395 g/mol. The Kier molecular flexibility index (Phi) is 4.56. The normalized spacial score (nSPS) is 15.1. The molecule has 0 spiro atoms. The van der Waals surface area contributed by atoms with E-state index in [1.165, 1.54) is 0 Å². The molecule has 0 aliphatic carbocycles. The first kappa shape index (κ1) is 18.2. The number of anilines is 2. The molecule has 3 N–H and O–H groups in total. The van der Waals surface area contributed by atoms with Crippen LogP contribution in [-0.2, 0) is 11.2 Å². The van der Waals surface area contributed by atoms with E-state index >= 15 is 0 Å². The Morgan fingerprint density at radius 1 is 0.967 bits per heavy atom. The number of carbonyl (C=O) groups is 1. The second-order valence-electron chi connectivity index (χ2n) is 7.46. The van der Waals surface area contributed by atoms with Crippen LogP contribution >= 0.6 is 0 Å². The summed E-state index contributed by atoms with van der Waals surface area (Å²) in [4.78, 5) is 17.5. The molecule has 5 rings (SSSR count). The number of nitrogens with zero attached hydrogens (tertiary/aromatic N) is 1. The number of para-hydroxylation sites is 2. The van der Waals surface area contributed by atoms with E-state index in [-0.39, 0.29) is 11.7 Å². The van der Waals surface area contributed by atoms with E-state index in [0.717, 1.165) is 52.1 Å². The van der Waals surface area contributed by atoms with Crippen molar-refractivity contribution in [2.45, 2.75) is 12.3 Å². The number of aromatic hydroxyl groups is 1. The summed E-state index contributed by atoms with van der Waals surface area (Å²) >= 11 is 0. The number of hydrogen-bond donors (Lipinski definition) is 3. The van der Waals surface area contributed by atoms with Crippen molar-refractivity contribution < 1.29 is 9.90 Å². The molecule has 4 aromatic rings. The maximum Gasteiger partial charge on any atom is 0.238 e. The fraction of sp³-hybridized carbons (Fsp3) is 0.120. The number of amides is 1. The summed E-state index contributed by atoms with van der Waals surface area (Å²) in [6, 6.07) is 25.0. The van der Waals surface area contributed by atoms with Gasteiger partial charge in [0.2, 0.25) is 5.91 Å². The van der Waals surface area contributed by atoms with Gasteiger partial charge in [-0.2, -0.15) is 0 Å². The molecule has 2 heterocycles. The number of rotatable bonds is 5. The molecular weight excluding hydrogens is 374 g/mol. The smallest absolute Gasteiger partial charge is 0.238 e. The van der Waals surface area contributed by atoms with Crippen molar-refractivity contribution >= 4 is 28.2 Å². The van der Waals surface area contributed by atoms with Crippen LogP contribution in [0.1, 0.15) is 22.7 Å². The van der Waals surface area contributed by atoms with Gasteiger partial charge in [-0.3, -0.25) is 9.78 Å². The molecule has 0 fully saturated rings. The molecule has 0 bridgehead atoms. The minimum absolute atomic E-state index is 0.0472. The molecule has 0 saturated carbocycles. The highest BCUT2D eigenvalue weighted by atomic mass is 16.3. The number of phenols is 1. The van der Waals surface area contributed by atoms with Gasteiger partial charge < -0.3 is 15.7 Å². The summed E-state index contributed by atoms with van der Waals surface area (Å²) in [5.74, 6) is -0.191. The first-order chi connectivity index (χ1) is 14.7. The molecule has 1 unspecified atom stereocenters. The lowest BCUT2D eigenvalue weighted by molar-refractivity contribution is -0.116. The minimum atomic E-state index is -0.413. The highest BCUT2D eigenvalue weighted by molar-refractivity contribution is 6.05. The van der Waals surface area contributed by atoms with Crippen LogP contribution in [0.4, 0.5) is 11.4 Å². The third-order valence-electron chi connectivity index (χ3n) is 5.49. The SMILES string of the molecule is O=C1Nc2ccccc2C1c1cc(NCCc2ccc(O)cc2)c2ccccc2n1. The van der Waals surface area contributed by atoms with E-state index < -0.39 is 5.92 Å². The van der Waals surface area contributed by atoms with Gasteiger partial charge in [0.25, 0.3) is 0 Å². The monoisotopic (exact) mass is 395 g/mol. The molecule has 5 nitrogen and oxygen atoms in total. The number of fused-ring (bicyclic) bond motifs is 2. The van der Waals surface area contributed by atoms with Crippen LogP contribution in [-0.4, -0.2) is 22.5 Å². The van der Waals surface area contributed by atoms with Gasteiger partial charge in [-0.1, -0.05) is 48.5 Å². The van der Waals surface area contributed by atoms with E-state index in [1.807, 2.05) is 66.7 Å². The van der Waals surface area contributed by atoms with E-state index in [0.29, 0.717) is 0 Å². The molecule has 3 aromatic carbocycles. The minimum Gasteiger partial charge on any atom is -0.508 e. The largest absolute Gasteiger partial charge is 0.508 e. The lowest BCUT2D eigenvalue weighted by Gasteiger charge is -2.15. The highest BCUT2D eigenvalue weighted by Gasteiger charge is 2.33. The van der Waals surface area contributed by atoms with Gasteiger partial charge in [-0.25, -0.2) is 0 Å². The Balaban J connectivity index is 1.47. The second kappa shape index (κ2) is 7.52. The van der Waals surface area contributed by atoms with Gasteiger partial charge in [0.05, 0.1) is 11.2 Å². The Morgan fingerprint density at radius 3 is 2.60 bits per heavy atom. The Hall–Kier alpha value is -3.86. The molecule has 1 atom stereocenters. The maximum absolute atomic E-state index is 12.7. The summed E-state index contributed by atoms with van der Waals surface area (Å²) in [6.07, 6.45) is 0.818. The lowest BCUT2D eigenvalue weighted by Crippen LogP contribution is -2.15. The highest BCUT2D eigenvalue weighted by Crippen LogP contribution is 2.38. The molecule has 5 heteroatoms.